The van der Waals surface area contributed by atoms with Crippen LogP contribution in [0.5, 0.6) is 5.75 Å². The van der Waals surface area contributed by atoms with Gasteiger partial charge in [0.05, 0.1) is 12.8 Å². The van der Waals surface area contributed by atoms with Crippen molar-refractivity contribution in [1.82, 2.24) is 9.97 Å². The molecule has 4 nitrogen and oxygen atoms in total. The van der Waals surface area contributed by atoms with Crippen LogP contribution in [0, 0.1) is 5.82 Å². The van der Waals surface area contributed by atoms with Gasteiger partial charge >= 0.3 is 0 Å². The first-order valence-electron chi connectivity index (χ1n) is 6.62. The molecule has 5 heteroatoms. The number of benzene rings is 1. The Morgan fingerprint density at radius 1 is 1.30 bits per heavy atom. The van der Waals surface area contributed by atoms with Gasteiger partial charge in [0.15, 0.2) is 11.6 Å². The number of methoxy groups -OCH3 is 1. The summed E-state index contributed by atoms with van der Waals surface area (Å²) in [4.78, 5) is 8.94. The van der Waals surface area contributed by atoms with Crippen LogP contribution in [0.1, 0.15) is 24.6 Å². The van der Waals surface area contributed by atoms with Crippen LogP contribution in [-0.4, -0.2) is 24.1 Å². The average molecular weight is 273 g/mol. The molecule has 3 rings (SSSR count). The summed E-state index contributed by atoms with van der Waals surface area (Å²) in [5.74, 6) is 1.74. The molecule has 104 valence electrons. The van der Waals surface area contributed by atoms with Crippen LogP contribution in [-0.2, 0) is 0 Å². The van der Waals surface area contributed by atoms with Crippen molar-refractivity contribution in [2.24, 2.45) is 0 Å². The third-order valence-electron chi connectivity index (χ3n) is 3.40. The highest BCUT2D eigenvalue weighted by molar-refractivity contribution is 5.65. The van der Waals surface area contributed by atoms with E-state index in [1.165, 1.54) is 7.11 Å². The predicted molar refractivity (Wildman–Crippen MR) is 75.5 cm³/mol. The second kappa shape index (κ2) is 5.07. The van der Waals surface area contributed by atoms with E-state index in [1.54, 1.807) is 31.3 Å². The lowest BCUT2D eigenvalue weighted by Crippen LogP contribution is -2.02. The largest absolute Gasteiger partial charge is 0.494 e. The van der Waals surface area contributed by atoms with Crippen LogP contribution in [0.15, 0.2) is 24.3 Å². The quantitative estimate of drug-likeness (QED) is 0.929. The summed E-state index contributed by atoms with van der Waals surface area (Å²) >= 11 is 0. The highest BCUT2D eigenvalue weighted by Crippen LogP contribution is 2.39. The van der Waals surface area contributed by atoms with Crippen molar-refractivity contribution in [2.45, 2.75) is 18.8 Å². The number of nitrogens with one attached hydrogen (secondary N) is 1. The Morgan fingerprint density at radius 3 is 2.75 bits per heavy atom. The number of hydrogen-bond acceptors (Lipinski definition) is 4. The third-order valence-corrected chi connectivity index (χ3v) is 3.40. The van der Waals surface area contributed by atoms with Crippen LogP contribution >= 0.6 is 0 Å². The van der Waals surface area contributed by atoms with Gasteiger partial charge in [0, 0.05) is 24.6 Å². The Hall–Kier alpha value is -2.17. The molecule has 1 aromatic carbocycles. The molecule has 1 aromatic heterocycles. The van der Waals surface area contributed by atoms with Crippen molar-refractivity contribution in [1.29, 1.82) is 0 Å². The molecule has 0 unspecified atom stereocenters. The zero-order valence-electron chi connectivity index (χ0n) is 11.5. The van der Waals surface area contributed by atoms with Gasteiger partial charge in [-0.25, -0.2) is 14.4 Å². The van der Waals surface area contributed by atoms with E-state index >= 15 is 0 Å². The smallest absolute Gasteiger partial charge is 0.174 e. The maximum absolute atomic E-state index is 14.3. The summed E-state index contributed by atoms with van der Waals surface area (Å²) < 4.78 is 19.4. The summed E-state index contributed by atoms with van der Waals surface area (Å²) in [6, 6.07) is 6.82. The summed E-state index contributed by atoms with van der Waals surface area (Å²) in [6.45, 7) is 0. The summed E-state index contributed by atoms with van der Waals surface area (Å²) in [5.41, 5.74) is 1.02. The van der Waals surface area contributed by atoms with E-state index in [9.17, 15) is 4.39 Å². The molecule has 20 heavy (non-hydrogen) atoms. The Bertz CT molecular complexity index is 641. The normalized spacial score (nSPS) is 14.2. The molecule has 0 aliphatic heterocycles. The van der Waals surface area contributed by atoms with E-state index in [1.807, 2.05) is 0 Å². The van der Waals surface area contributed by atoms with Crippen molar-refractivity contribution in [3.05, 3.63) is 35.9 Å². The summed E-state index contributed by atoms with van der Waals surface area (Å²) in [6.07, 6.45) is 2.21. The van der Waals surface area contributed by atoms with Crippen LogP contribution < -0.4 is 10.1 Å². The van der Waals surface area contributed by atoms with Crippen molar-refractivity contribution in [3.63, 3.8) is 0 Å². The van der Waals surface area contributed by atoms with Crippen LogP contribution in [0.2, 0.25) is 0 Å². The molecule has 0 saturated heterocycles. The maximum Gasteiger partial charge on any atom is 0.174 e. The molecule has 1 aliphatic carbocycles. The van der Waals surface area contributed by atoms with E-state index in [-0.39, 0.29) is 5.75 Å². The molecule has 0 spiro atoms. The molecule has 1 heterocycles. The highest BCUT2D eigenvalue weighted by atomic mass is 19.1. The van der Waals surface area contributed by atoms with E-state index in [0.717, 1.165) is 18.7 Å². The van der Waals surface area contributed by atoms with Crippen molar-refractivity contribution in [3.8, 4) is 17.0 Å². The van der Waals surface area contributed by atoms with Crippen LogP contribution in [0.25, 0.3) is 11.3 Å². The van der Waals surface area contributed by atoms with Gasteiger partial charge in [0.25, 0.3) is 0 Å². The topological polar surface area (TPSA) is 47.0 Å². The first kappa shape index (κ1) is 12.8. The fraction of sp³-hybridized carbons (Fsp3) is 0.333. The fourth-order valence-electron chi connectivity index (χ4n) is 2.12. The summed E-state index contributed by atoms with van der Waals surface area (Å²) in [7, 11) is 3.25. The fourth-order valence-corrected chi connectivity index (χ4v) is 2.12. The van der Waals surface area contributed by atoms with Crippen molar-refractivity contribution in [2.75, 3.05) is 19.5 Å². The minimum atomic E-state index is -0.391. The molecule has 2 aromatic rings. The van der Waals surface area contributed by atoms with E-state index < -0.39 is 5.82 Å². The van der Waals surface area contributed by atoms with Gasteiger partial charge in [0.2, 0.25) is 0 Å². The van der Waals surface area contributed by atoms with E-state index in [2.05, 4.69) is 15.3 Å². The van der Waals surface area contributed by atoms with E-state index in [4.69, 9.17) is 4.74 Å². The minimum absolute atomic E-state index is 0.222. The molecular weight excluding hydrogens is 257 g/mol. The molecule has 1 N–H and O–H groups in total. The number of nitrogens with zero attached hydrogens (tertiary/aromatic N) is 2. The average Bonchev–Trinajstić information content (AvgIpc) is 3.31. The number of rotatable bonds is 4. The zero-order valence-corrected chi connectivity index (χ0v) is 11.5. The lowest BCUT2D eigenvalue weighted by molar-refractivity contribution is 0.387. The van der Waals surface area contributed by atoms with E-state index in [0.29, 0.717) is 23.0 Å². The lowest BCUT2D eigenvalue weighted by Gasteiger charge is -2.10. The van der Waals surface area contributed by atoms with Gasteiger partial charge in [-0.3, -0.25) is 0 Å². The van der Waals surface area contributed by atoms with Crippen molar-refractivity contribution < 1.29 is 9.13 Å². The van der Waals surface area contributed by atoms with Gasteiger partial charge < -0.3 is 10.1 Å². The zero-order chi connectivity index (χ0) is 14.1. The summed E-state index contributed by atoms with van der Waals surface area (Å²) in [5, 5.41) is 3.00. The molecular formula is C15H16FN3O. The lowest BCUT2D eigenvalue weighted by atomic mass is 10.1. The number of ether oxygens (including phenoxy) is 1. The number of hydrogen-bond donors (Lipinski definition) is 1. The SMILES string of the molecule is CNc1cc(-c2cccc(OC)c2F)nc(C2CC2)n1. The monoisotopic (exact) mass is 273 g/mol. The van der Waals surface area contributed by atoms with Gasteiger partial charge in [-0.15, -0.1) is 0 Å². The van der Waals surface area contributed by atoms with Crippen molar-refractivity contribution >= 4 is 5.82 Å². The van der Waals surface area contributed by atoms with Gasteiger partial charge in [-0.2, -0.15) is 0 Å². The molecule has 1 aliphatic rings. The number of aromatic nitrogens is 2. The van der Waals surface area contributed by atoms with Gasteiger partial charge in [0.1, 0.15) is 11.6 Å². The second-order valence-corrected chi connectivity index (χ2v) is 4.84. The van der Waals surface area contributed by atoms with Gasteiger partial charge in [-0.1, -0.05) is 6.07 Å². The van der Waals surface area contributed by atoms with Crippen LogP contribution in [0.4, 0.5) is 10.2 Å². The third kappa shape index (κ3) is 2.31. The molecule has 0 bridgehead atoms. The predicted octanol–water partition coefficient (Wildman–Crippen LogP) is 3.21. The van der Waals surface area contributed by atoms with Gasteiger partial charge in [-0.05, 0) is 25.0 Å². The standard InChI is InChI=1S/C15H16FN3O/c1-17-13-8-11(18-15(19-13)9-6-7-9)10-4-3-5-12(20-2)14(10)16/h3-5,8-9H,6-7H2,1-2H3,(H,17,18,19). The molecule has 0 amide bonds. The Morgan fingerprint density at radius 2 is 2.10 bits per heavy atom. The Balaban J connectivity index is 2.11. The Labute approximate surface area is 117 Å². The second-order valence-electron chi connectivity index (χ2n) is 4.84. The highest BCUT2D eigenvalue weighted by Gasteiger charge is 2.27. The molecule has 1 saturated carbocycles. The minimum Gasteiger partial charge on any atom is -0.494 e. The molecule has 0 radical (unpaired) electrons. The number of halogens is 1. The Kier molecular flexibility index (Phi) is 3.26. The molecule has 0 atom stereocenters. The van der Waals surface area contributed by atoms with Crippen LogP contribution in [0.3, 0.4) is 0 Å². The first-order valence-corrected chi connectivity index (χ1v) is 6.62. The molecule has 1 fully saturated rings. The number of anilines is 1. The first-order chi connectivity index (χ1) is 9.72. The maximum atomic E-state index is 14.3.